The predicted molar refractivity (Wildman–Crippen MR) is 75.7 cm³/mol. The summed E-state index contributed by atoms with van der Waals surface area (Å²) in [5.41, 5.74) is -0.0525. The standard InChI is InChI=1S/C13H16N2O6S.Ac/c16-4-9-8(17)2-11(21-9)15-3-10-7(14-13(15)20)1-6(5-22-10)12(18)19;/h3,6,8-9,11,16-17H,1-2,4-5H2,(H,18,19);/t6?,8-,9-,11-;/m1./s1. The van der Waals surface area contributed by atoms with Gasteiger partial charge in [-0.2, -0.15) is 4.98 Å². The number of ether oxygens (including phenoxy) is 1. The van der Waals surface area contributed by atoms with Gasteiger partial charge in [0.2, 0.25) is 0 Å². The van der Waals surface area contributed by atoms with Gasteiger partial charge in [0.1, 0.15) is 12.3 Å². The second-order valence-corrected chi connectivity index (χ2v) is 6.47. The summed E-state index contributed by atoms with van der Waals surface area (Å²) in [7, 11) is 0. The molecule has 3 rings (SSSR count). The summed E-state index contributed by atoms with van der Waals surface area (Å²) < 4.78 is 6.76. The molecule has 0 spiro atoms. The van der Waals surface area contributed by atoms with Crippen molar-refractivity contribution < 1.29 is 68.9 Å². The fourth-order valence-corrected chi connectivity index (χ4v) is 3.77. The summed E-state index contributed by atoms with van der Waals surface area (Å²) >= 11 is 1.34. The molecule has 123 valence electrons. The Balaban J connectivity index is 0.00000192. The number of aromatic nitrogens is 2. The van der Waals surface area contributed by atoms with Crippen LogP contribution in [0, 0.1) is 50.0 Å². The average Bonchev–Trinajstić information content (AvgIpc) is 2.86. The van der Waals surface area contributed by atoms with Crippen LogP contribution in [0.15, 0.2) is 15.9 Å². The average molecular weight is 555 g/mol. The third kappa shape index (κ3) is 3.99. The zero-order valence-electron chi connectivity index (χ0n) is 12.2. The number of fused-ring (bicyclic) bond motifs is 1. The minimum atomic E-state index is -0.892. The Hall–Kier alpha value is 0.0216. The number of hydrogen-bond acceptors (Lipinski definition) is 7. The summed E-state index contributed by atoms with van der Waals surface area (Å²) in [6.45, 7) is -0.320. The first-order chi connectivity index (χ1) is 10.5. The van der Waals surface area contributed by atoms with Crippen LogP contribution >= 0.6 is 11.8 Å². The molecule has 0 bridgehead atoms. The zero-order valence-corrected chi connectivity index (χ0v) is 17.7. The Labute approximate surface area is 171 Å². The summed E-state index contributed by atoms with van der Waals surface area (Å²) in [4.78, 5) is 27.9. The van der Waals surface area contributed by atoms with Crippen molar-refractivity contribution in [2.45, 2.75) is 36.2 Å². The van der Waals surface area contributed by atoms with Gasteiger partial charge in [0.05, 0.1) is 24.3 Å². The molecule has 23 heavy (non-hydrogen) atoms. The number of rotatable bonds is 3. The Morgan fingerprint density at radius 2 is 2.26 bits per heavy atom. The quantitative estimate of drug-likeness (QED) is 0.445. The summed E-state index contributed by atoms with van der Waals surface area (Å²) in [5, 5.41) is 27.9. The molecule has 0 aliphatic carbocycles. The number of carbonyl (C=O) groups is 1. The molecule has 1 radical (unpaired) electrons. The molecular formula is C13H16AcN2O6S. The van der Waals surface area contributed by atoms with Crippen LogP contribution in [0.3, 0.4) is 0 Å². The Morgan fingerprint density at radius 1 is 1.52 bits per heavy atom. The third-order valence-corrected chi connectivity index (χ3v) is 5.14. The number of carboxylic acids is 1. The number of carboxylic acid groups (broad SMARTS) is 1. The number of nitrogens with zero attached hydrogens (tertiary/aromatic N) is 2. The molecule has 1 unspecified atom stereocenters. The van der Waals surface area contributed by atoms with Gasteiger partial charge in [0.25, 0.3) is 0 Å². The van der Waals surface area contributed by atoms with Crippen molar-refractivity contribution in [2.24, 2.45) is 5.92 Å². The molecule has 0 saturated carbocycles. The van der Waals surface area contributed by atoms with Crippen LogP contribution in [0.1, 0.15) is 18.3 Å². The van der Waals surface area contributed by atoms with Gasteiger partial charge in [-0.15, -0.1) is 11.8 Å². The molecule has 4 atom stereocenters. The maximum atomic E-state index is 12.1. The van der Waals surface area contributed by atoms with E-state index >= 15 is 0 Å². The van der Waals surface area contributed by atoms with Gasteiger partial charge in [-0.25, -0.2) is 4.79 Å². The van der Waals surface area contributed by atoms with Gasteiger partial charge in [-0.05, 0) is 0 Å². The maximum absolute atomic E-state index is 12.1. The van der Waals surface area contributed by atoms with E-state index in [0.717, 1.165) is 4.90 Å². The van der Waals surface area contributed by atoms with Gasteiger partial charge >= 0.3 is 11.7 Å². The first-order valence-corrected chi connectivity index (χ1v) is 7.90. The third-order valence-electron chi connectivity index (χ3n) is 3.92. The van der Waals surface area contributed by atoms with Crippen molar-refractivity contribution in [1.82, 2.24) is 9.55 Å². The van der Waals surface area contributed by atoms with Crippen molar-refractivity contribution in [3.8, 4) is 0 Å². The number of thioether (sulfide) groups is 1. The largest absolute Gasteiger partial charge is 0.481 e. The molecule has 10 heteroatoms. The fourth-order valence-electron chi connectivity index (χ4n) is 2.65. The number of hydrogen-bond donors (Lipinski definition) is 3. The second kappa shape index (κ2) is 7.93. The number of aliphatic hydroxyl groups is 2. The number of aliphatic carboxylic acids is 1. The van der Waals surface area contributed by atoms with E-state index in [1.165, 1.54) is 16.3 Å². The maximum Gasteiger partial charge on any atom is 0.349 e. The van der Waals surface area contributed by atoms with Crippen LogP contribution in [0.25, 0.3) is 0 Å². The topological polar surface area (TPSA) is 122 Å². The van der Waals surface area contributed by atoms with Gasteiger partial charge in [0, 0.05) is 73.7 Å². The van der Waals surface area contributed by atoms with E-state index in [0.29, 0.717) is 11.4 Å². The van der Waals surface area contributed by atoms with Crippen molar-refractivity contribution in [1.29, 1.82) is 0 Å². The molecule has 1 aromatic rings. The minimum Gasteiger partial charge on any atom is -0.481 e. The van der Waals surface area contributed by atoms with E-state index in [1.54, 1.807) is 6.20 Å². The van der Waals surface area contributed by atoms with Gasteiger partial charge in [0.15, 0.2) is 0 Å². The first kappa shape index (κ1) is 19.3. The van der Waals surface area contributed by atoms with E-state index in [1.807, 2.05) is 0 Å². The smallest absolute Gasteiger partial charge is 0.349 e. The van der Waals surface area contributed by atoms with E-state index < -0.39 is 36.0 Å². The molecule has 0 aromatic carbocycles. The van der Waals surface area contributed by atoms with Crippen molar-refractivity contribution in [2.75, 3.05) is 12.4 Å². The van der Waals surface area contributed by atoms with Crippen LogP contribution < -0.4 is 5.69 Å². The molecular weight excluding hydrogens is 539 g/mol. The van der Waals surface area contributed by atoms with E-state index in [2.05, 4.69) is 4.98 Å². The van der Waals surface area contributed by atoms with Crippen LogP contribution in [0.2, 0.25) is 0 Å². The van der Waals surface area contributed by atoms with Crippen LogP contribution in [0.5, 0.6) is 0 Å². The van der Waals surface area contributed by atoms with Gasteiger partial charge < -0.3 is 20.1 Å². The summed E-state index contributed by atoms with van der Waals surface area (Å²) in [5.74, 6) is -1.00. The molecule has 3 N–H and O–H groups in total. The first-order valence-electron chi connectivity index (χ1n) is 6.91. The second-order valence-electron chi connectivity index (χ2n) is 5.41. The van der Waals surface area contributed by atoms with Gasteiger partial charge in [-0.1, -0.05) is 0 Å². The van der Waals surface area contributed by atoms with Crippen LogP contribution in [-0.4, -0.2) is 55.4 Å². The van der Waals surface area contributed by atoms with E-state index in [4.69, 9.17) is 14.9 Å². The molecule has 2 aliphatic rings. The van der Waals surface area contributed by atoms with E-state index in [9.17, 15) is 14.7 Å². The zero-order chi connectivity index (χ0) is 15.9. The normalized spacial score (nSPS) is 29.7. The Kier molecular flexibility index (Phi) is 6.67. The molecule has 0 amide bonds. The molecule has 3 heterocycles. The van der Waals surface area contributed by atoms with Crippen molar-refractivity contribution in [3.63, 3.8) is 0 Å². The van der Waals surface area contributed by atoms with Crippen molar-refractivity contribution >= 4 is 17.7 Å². The van der Waals surface area contributed by atoms with Gasteiger partial charge in [-0.3, -0.25) is 9.36 Å². The monoisotopic (exact) mass is 555 g/mol. The fraction of sp³-hybridized carbons (Fsp3) is 0.615. The number of aliphatic hydroxyl groups excluding tert-OH is 2. The van der Waals surface area contributed by atoms with Crippen LogP contribution in [-0.2, 0) is 16.0 Å². The summed E-state index contributed by atoms with van der Waals surface area (Å²) in [6, 6.07) is 0. The molecule has 1 saturated heterocycles. The molecule has 2 aliphatic heterocycles. The van der Waals surface area contributed by atoms with Crippen molar-refractivity contribution in [3.05, 3.63) is 22.4 Å². The van der Waals surface area contributed by atoms with E-state index in [-0.39, 0.29) is 63.5 Å². The minimum absolute atomic E-state index is 0. The summed E-state index contributed by atoms with van der Waals surface area (Å²) in [6.07, 6.45) is -0.172. The molecule has 1 fully saturated rings. The Morgan fingerprint density at radius 3 is 2.87 bits per heavy atom. The molecule has 1 aromatic heterocycles. The van der Waals surface area contributed by atoms with Crippen LogP contribution in [0.4, 0.5) is 0 Å². The predicted octanol–water partition coefficient (Wildman–Crippen LogP) is -0.767. The molecule has 8 nitrogen and oxygen atoms in total. The SMILES string of the molecule is O=C(O)C1CSc2cn([C@H]3C[C@@H](O)[C@@H](CO)O3)c(=O)nc2C1.[Ac]. The Bertz CT molecular complexity index is 654.